The summed E-state index contributed by atoms with van der Waals surface area (Å²) in [6, 6.07) is 24.6. The van der Waals surface area contributed by atoms with Crippen molar-refractivity contribution in [1.29, 1.82) is 5.26 Å². The predicted octanol–water partition coefficient (Wildman–Crippen LogP) is 5.01. The second kappa shape index (κ2) is 10.2. The number of piperazine rings is 1. The van der Waals surface area contributed by atoms with E-state index in [9.17, 15) is 14.9 Å². The van der Waals surface area contributed by atoms with E-state index in [1.165, 1.54) is 11.8 Å². The zero-order chi connectivity index (χ0) is 23.2. The Labute approximate surface area is 197 Å². The number of anilines is 1. The van der Waals surface area contributed by atoms with Crippen LogP contribution in [-0.4, -0.2) is 47.9 Å². The van der Waals surface area contributed by atoms with Crippen LogP contribution in [-0.2, 0) is 0 Å². The average molecular weight is 457 g/mol. The first-order valence-electron chi connectivity index (χ1n) is 10.7. The van der Waals surface area contributed by atoms with Gasteiger partial charge in [-0.25, -0.2) is 4.79 Å². The molecule has 1 fully saturated rings. The number of carbonyl (C=O) groups excluding carboxylic acids is 2. The van der Waals surface area contributed by atoms with Crippen LogP contribution >= 0.6 is 11.8 Å². The van der Waals surface area contributed by atoms with Gasteiger partial charge in [0.1, 0.15) is 6.07 Å². The maximum atomic E-state index is 13.3. The molecule has 1 N–H and O–H groups in total. The molecule has 4 rings (SSSR count). The smallest absolute Gasteiger partial charge is 0.321 e. The van der Waals surface area contributed by atoms with Crippen LogP contribution in [0.25, 0.3) is 0 Å². The quantitative estimate of drug-likeness (QED) is 0.599. The van der Waals surface area contributed by atoms with Crippen LogP contribution in [0, 0.1) is 18.3 Å². The average Bonchev–Trinajstić information content (AvgIpc) is 2.84. The molecule has 1 aliphatic rings. The predicted molar refractivity (Wildman–Crippen MR) is 129 cm³/mol. The van der Waals surface area contributed by atoms with Gasteiger partial charge < -0.3 is 15.1 Å². The van der Waals surface area contributed by atoms with Crippen LogP contribution in [0.3, 0.4) is 0 Å². The van der Waals surface area contributed by atoms with Gasteiger partial charge in [-0.2, -0.15) is 5.26 Å². The number of carbonyl (C=O) groups is 2. The summed E-state index contributed by atoms with van der Waals surface area (Å²) in [6.45, 7) is 3.85. The van der Waals surface area contributed by atoms with E-state index >= 15 is 0 Å². The molecule has 1 saturated heterocycles. The number of urea groups is 1. The molecule has 7 heteroatoms. The molecule has 0 saturated carbocycles. The summed E-state index contributed by atoms with van der Waals surface area (Å²) in [7, 11) is 0. The third-order valence-corrected chi connectivity index (χ3v) is 6.62. The Morgan fingerprint density at radius 1 is 0.879 bits per heavy atom. The normalized spacial score (nSPS) is 13.3. The molecule has 3 aromatic carbocycles. The van der Waals surface area contributed by atoms with E-state index in [4.69, 9.17) is 0 Å². The molecule has 33 heavy (non-hydrogen) atoms. The van der Waals surface area contributed by atoms with Gasteiger partial charge in [0.15, 0.2) is 0 Å². The Morgan fingerprint density at radius 2 is 1.55 bits per heavy atom. The van der Waals surface area contributed by atoms with Gasteiger partial charge in [-0.3, -0.25) is 4.79 Å². The van der Waals surface area contributed by atoms with E-state index in [-0.39, 0.29) is 11.9 Å². The number of amides is 3. The van der Waals surface area contributed by atoms with Gasteiger partial charge >= 0.3 is 6.03 Å². The highest BCUT2D eigenvalue weighted by Gasteiger charge is 2.26. The number of benzene rings is 3. The number of hydrogen-bond acceptors (Lipinski definition) is 4. The molecule has 0 aliphatic carbocycles. The first-order valence-corrected chi connectivity index (χ1v) is 11.5. The largest absolute Gasteiger partial charge is 0.335 e. The summed E-state index contributed by atoms with van der Waals surface area (Å²) in [5.74, 6) is -0.0636. The van der Waals surface area contributed by atoms with Gasteiger partial charge in [-0.15, -0.1) is 0 Å². The topological polar surface area (TPSA) is 76.4 Å². The lowest BCUT2D eigenvalue weighted by Crippen LogP contribution is -2.51. The minimum Gasteiger partial charge on any atom is -0.335 e. The van der Waals surface area contributed by atoms with Gasteiger partial charge in [-0.1, -0.05) is 48.2 Å². The van der Waals surface area contributed by atoms with Crippen molar-refractivity contribution in [3.05, 3.63) is 89.5 Å². The highest BCUT2D eigenvalue weighted by atomic mass is 32.2. The highest BCUT2D eigenvalue weighted by Crippen LogP contribution is 2.33. The zero-order valence-corrected chi connectivity index (χ0v) is 19.1. The van der Waals surface area contributed by atoms with E-state index < -0.39 is 0 Å². The fourth-order valence-corrected chi connectivity index (χ4v) is 4.73. The number of rotatable bonds is 4. The summed E-state index contributed by atoms with van der Waals surface area (Å²) in [4.78, 5) is 31.1. The number of aryl methyl sites for hydroxylation is 1. The Morgan fingerprint density at radius 3 is 2.27 bits per heavy atom. The molecule has 6 nitrogen and oxygen atoms in total. The van der Waals surface area contributed by atoms with E-state index in [0.29, 0.717) is 37.3 Å². The Bertz CT molecular complexity index is 1210. The molecule has 166 valence electrons. The van der Waals surface area contributed by atoms with Crippen molar-refractivity contribution in [2.75, 3.05) is 31.5 Å². The fourth-order valence-electron chi connectivity index (χ4n) is 3.71. The molecule has 0 spiro atoms. The van der Waals surface area contributed by atoms with E-state index in [2.05, 4.69) is 11.4 Å². The monoisotopic (exact) mass is 456 g/mol. The minimum absolute atomic E-state index is 0.0636. The van der Waals surface area contributed by atoms with E-state index in [1.54, 1.807) is 15.9 Å². The summed E-state index contributed by atoms with van der Waals surface area (Å²) in [6.07, 6.45) is 0. The highest BCUT2D eigenvalue weighted by molar-refractivity contribution is 7.99. The molecule has 0 radical (unpaired) electrons. The molecular formula is C26H24N4O2S. The fraction of sp³-hybridized carbons (Fsp3) is 0.192. The van der Waals surface area contributed by atoms with E-state index in [1.807, 2.05) is 73.7 Å². The van der Waals surface area contributed by atoms with Crippen molar-refractivity contribution in [2.24, 2.45) is 0 Å². The number of nitrogens with zero attached hydrogens (tertiary/aromatic N) is 3. The minimum atomic E-state index is -0.156. The number of hydrogen-bond donors (Lipinski definition) is 1. The second-order valence-corrected chi connectivity index (χ2v) is 8.87. The summed E-state index contributed by atoms with van der Waals surface area (Å²) in [5, 5.41) is 12.3. The Kier molecular flexibility index (Phi) is 6.96. The second-order valence-electron chi connectivity index (χ2n) is 7.79. The summed E-state index contributed by atoms with van der Waals surface area (Å²) >= 11 is 1.42. The lowest BCUT2D eigenvalue weighted by molar-refractivity contribution is 0.0668. The number of nitriles is 1. The van der Waals surface area contributed by atoms with Crippen LogP contribution < -0.4 is 5.32 Å². The van der Waals surface area contributed by atoms with Gasteiger partial charge in [0.25, 0.3) is 5.91 Å². The van der Waals surface area contributed by atoms with Crippen LogP contribution in [0.5, 0.6) is 0 Å². The molecule has 3 amide bonds. The molecule has 0 bridgehead atoms. The first-order chi connectivity index (χ1) is 16.0. The lowest BCUT2D eigenvalue weighted by Gasteiger charge is -2.35. The third kappa shape index (κ3) is 5.36. The van der Waals surface area contributed by atoms with Crippen molar-refractivity contribution in [1.82, 2.24) is 9.80 Å². The zero-order valence-electron chi connectivity index (χ0n) is 18.3. The maximum absolute atomic E-state index is 13.3. The molecule has 1 aliphatic heterocycles. The van der Waals surface area contributed by atoms with Crippen molar-refractivity contribution >= 4 is 29.4 Å². The lowest BCUT2D eigenvalue weighted by atomic mass is 10.2. The standard InChI is InChI=1S/C26H24N4O2S/c1-19-7-6-9-21(17-19)28-26(32)30-15-13-29(14-16-30)25(31)22-10-3-5-12-24(22)33-23-11-4-2-8-20(23)18-27/h2-12,17H,13-16H2,1H3,(H,28,32). The molecule has 1 heterocycles. The molecule has 3 aromatic rings. The third-order valence-electron chi connectivity index (χ3n) is 5.47. The summed E-state index contributed by atoms with van der Waals surface area (Å²) in [5.41, 5.74) is 3.03. The molecule has 0 atom stereocenters. The first kappa shape index (κ1) is 22.4. The summed E-state index contributed by atoms with van der Waals surface area (Å²) < 4.78 is 0. The van der Waals surface area contributed by atoms with E-state index in [0.717, 1.165) is 21.0 Å². The SMILES string of the molecule is Cc1cccc(NC(=O)N2CCN(C(=O)c3ccccc3Sc3ccccc3C#N)CC2)c1. The van der Waals surface area contributed by atoms with Crippen molar-refractivity contribution in [3.63, 3.8) is 0 Å². The number of nitrogens with one attached hydrogen (secondary N) is 1. The van der Waals surface area contributed by atoms with Crippen LogP contribution in [0.15, 0.2) is 82.6 Å². The molecule has 0 unspecified atom stereocenters. The molecular weight excluding hydrogens is 432 g/mol. The van der Waals surface area contributed by atoms with Crippen molar-refractivity contribution in [3.8, 4) is 6.07 Å². The van der Waals surface area contributed by atoms with Gasteiger partial charge in [0.05, 0.1) is 11.1 Å². The van der Waals surface area contributed by atoms with Gasteiger partial charge in [-0.05, 0) is 48.9 Å². The van der Waals surface area contributed by atoms with Crippen molar-refractivity contribution < 1.29 is 9.59 Å². The van der Waals surface area contributed by atoms with Crippen LogP contribution in [0.1, 0.15) is 21.5 Å². The molecule has 0 aromatic heterocycles. The van der Waals surface area contributed by atoms with Gasteiger partial charge in [0, 0.05) is 41.7 Å². The van der Waals surface area contributed by atoms with Crippen molar-refractivity contribution in [2.45, 2.75) is 16.7 Å². The Hall–Kier alpha value is -3.76. The van der Waals surface area contributed by atoms with Crippen LogP contribution in [0.4, 0.5) is 10.5 Å². The maximum Gasteiger partial charge on any atom is 0.321 e. The van der Waals surface area contributed by atoms with Crippen LogP contribution in [0.2, 0.25) is 0 Å². The van der Waals surface area contributed by atoms with Gasteiger partial charge in [0.2, 0.25) is 0 Å². The Balaban J connectivity index is 1.41.